The van der Waals surface area contributed by atoms with Crippen LogP contribution >= 0.6 is 0 Å². The van der Waals surface area contributed by atoms with E-state index < -0.39 is 6.10 Å². The molecule has 0 bridgehead atoms. The summed E-state index contributed by atoms with van der Waals surface area (Å²) in [6.07, 6.45) is 6.38. The largest absolute Gasteiger partial charge is 0.391 e. The molecule has 3 aromatic heterocycles. The van der Waals surface area contributed by atoms with Crippen molar-refractivity contribution in [2.75, 3.05) is 5.32 Å². The molecular formula is C18H18N6O. The molecule has 3 heterocycles. The van der Waals surface area contributed by atoms with Crippen LogP contribution in [0.1, 0.15) is 18.4 Å². The van der Waals surface area contributed by atoms with Crippen molar-refractivity contribution in [2.45, 2.75) is 31.5 Å². The van der Waals surface area contributed by atoms with E-state index in [9.17, 15) is 10.4 Å². The number of rotatable bonds is 4. The number of hydrogen-bond donors (Lipinski definition) is 2. The van der Waals surface area contributed by atoms with Crippen LogP contribution in [-0.2, 0) is 6.54 Å². The highest BCUT2D eigenvalue weighted by atomic mass is 16.3. The van der Waals surface area contributed by atoms with Crippen LogP contribution < -0.4 is 5.32 Å². The lowest BCUT2D eigenvalue weighted by atomic mass is 10.1. The minimum absolute atomic E-state index is 0.138. The molecule has 126 valence electrons. The zero-order valence-corrected chi connectivity index (χ0v) is 13.6. The molecule has 25 heavy (non-hydrogen) atoms. The van der Waals surface area contributed by atoms with Crippen molar-refractivity contribution in [3.05, 3.63) is 48.4 Å². The van der Waals surface area contributed by atoms with Crippen molar-refractivity contribution < 1.29 is 5.11 Å². The second kappa shape index (κ2) is 6.49. The average molecular weight is 334 g/mol. The van der Waals surface area contributed by atoms with Crippen LogP contribution in [0.3, 0.4) is 0 Å². The Morgan fingerprint density at radius 3 is 3.04 bits per heavy atom. The standard InChI is InChI=1S/C18H18N6O/c19-10-14-9-13-3-1-4-20-17(13)23-18(14)22-15-7-12(8-16(15)25)11-24-6-2-5-21-24/h1-6,9,12,15-16,25H,7-8,11H2,(H,20,22,23)/t12?,15-,16-/m1/s1. The Hall–Kier alpha value is -2.98. The van der Waals surface area contributed by atoms with Crippen LogP contribution in [0.5, 0.6) is 0 Å². The number of anilines is 1. The van der Waals surface area contributed by atoms with Crippen molar-refractivity contribution in [3.63, 3.8) is 0 Å². The van der Waals surface area contributed by atoms with Crippen molar-refractivity contribution >= 4 is 16.9 Å². The first-order chi connectivity index (χ1) is 12.2. The molecule has 1 unspecified atom stereocenters. The fraction of sp³-hybridized carbons (Fsp3) is 0.333. The summed E-state index contributed by atoms with van der Waals surface area (Å²) in [6.45, 7) is 0.778. The molecule has 1 aliphatic rings. The number of aromatic nitrogens is 4. The molecule has 2 N–H and O–H groups in total. The lowest BCUT2D eigenvalue weighted by molar-refractivity contribution is 0.166. The minimum Gasteiger partial charge on any atom is -0.391 e. The SMILES string of the molecule is N#Cc1cc2cccnc2nc1N[C@@H]1CC(Cn2cccn2)C[C@H]1O. The van der Waals surface area contributed by atoms with E-state index in [-0.39, 0.29) is 6.04 Å². The van der Waals surface area contributed by atoms with Gasteiger partial charge < -0.3 is 10.4 Å². The zero-order valence-electron chi connectivity index (χ0n) is 13.6. The fourth-order valence-corrected chi connectivity index (χ4v) is 3.47. The van der Waals surface area contributed by atoms with E-state index in [2.05, 4.69) is 26.5 Å². The third-order valence-electron chi connectivity index (χ3n) is 4.66. The molecule has 7 nitrogen and oxygen atoms in total. The van der Waals surface area contributed by atoms with Gasteiger partial charge in [-0.25, -0.2) is 9.97 Å². The predicted octanol–water partition coefficient (Wildman–Crippen LogP) is 1.95. The van der Waals surface area contributed by atoms with Gasteiger partial charge in [0.25, 0.3) is 0 Å². The number of aliphatic hydroxyl groups is 1. The molecule has 1 fully saturated rings. The van der Waals surface area contributed by atoms with Gasteiger partial charge in [0.2, 0.25) is 0 Å². The summed E-state index contributed by atoms with van der Waals surface area (Å²) in [5.41, 5.74) is 1.05. The molecule has 7 heteroatoms. The van der Waals surface area contributed by atoms with Gasteiger partial charge in [0.15, 0.2) is 5.65 Å². The number of aliphatic hydroxyl groups excluding tert-OH is 1. The number of nitriles is 1. The fourth-order valence-electron chi connectivity index (χ4n) is 3.47. The number of nitrogens with one attached hydrogen (secondary N) is 1. The summed E-state index contributed by atoms with van der Waals surface area (Å²) >= 11 is 0. The smallest absolute Gasteiger partial charge is 0.161 e. The summed E-state index contributed by atoms with van der Waals surface area (Å²) < 4.78 is 1.89. The molecule has 1 aliphatic carbocycles. The summed E-state index contributed by atoms with van der Waals surface area (Å²) in [6, 6.07) is 9.41. The molecule has 0 aromatic carbocycles. The van der Waals surface area contributed by atoms with E-state index in [1.54, 1.807) is 18.5 Å². The first-order valence-corrected chi connectivity index (χ1v) is 8.31. The van der Waals surface area contributed by atoms with Crippen LogP contribution in [0.2, 0.25) is 0 Å². The molecule has 0 saturated heterocycles. The zero-order chi connectivity index (χ0) is 17.2. The second-order valence-electron chi connectivity index (χ2n) is 6.43. The topological polar surface area (TPSA) is 99.7 Å². The molecule has 0 amide bonds. The molecule has 0 spiro atoms. The van der Waals surface area contributed by atoms with E-state index in [1.165, 1.54) is 0 Å². The van der Waals surface area contributed by atoms with Crippen LogP contribution in [0.15, 0.2) is 42.9 Å². The Morgan fingerprint density at radius 2 is 2.24 bits per heavy atom. The Labute approximate surface area is 145 Å². The number of hydrogen-bond acceptors (Lipinski definition) is 6. The summed E-state index contributed by atoms with van der Waals surface area (Å²) in [7, 11) is 0. The summed E-state index contributed by atoms with van der Waals surface area (Å²) in [4.78, 5) is 8.71. The third kappa shape index (κ3) is 3.16. The Balaban J connectivity index is 1.53. The van der Waals surface area contributed by atoms with Gasteiger partial charge in [-0.15, -0.1) is 0 Å². The predicted molar refractivity (Wildman–Crippen MR) is 92.6 cm³/mol. The first kappa shape index (κ1) is 15.5. The van der Waals surface area contributed by atoms with Crippen molar-refractivity contribution in [1.82, 2.24) is 19.7 Å². The van der Waals surface area contributed by atoms with E-state index in [1.807, 2.05) is 29.1 Å². The van der Waals surface area contributed by atoms with Gasteiger partial charge in [0.05, 0.1) is 17.7 Å². The normalized spacial score (nSPS) is 22.8. The third-order valence-corrected chi connectivity index (χ3v) is 4.66. The van der Waals surface area contributed by atoms with Crippen LogP contribution in [0, 0.1) is 17.2 Å². The van der Waals surface area contributed by atoms with Crippen LogP contribution in [0.4, 0.5) is 5.82 Å². The van der Waals surface area contributed by atoms with Gasteiger partial charge in [0.1, 0.15) is 11.9 Å². The number of nitrogens with zero attached hydrogens (tertiary/aromatic N) is 5. The molecule has 0 aliphatic heterocycles. The van der Waals surface area contributed by atoms with Crippen molar-refractivity contribution in [3.8, 4) is 6.07 Å². The van der Waals surface area contributed by atoms with Crippen molar-refractivity contribution in [1.29, 1.82) is 5.26 Å². The minimum atomic E-state index is -0.478. The second-order valence-corrected chi connectivity index (χ2v) is 6.43. The highest BCUT2D eigenvalue weighted by Crippen LogP contribution is 2.30. The van der Waals surface area contributed by atoms with Crippen LogP contribution in [0.25, 0.3) is 11.0 Å². The summed E-state index contributed by atoms with van der Waals surface area (Å²) in [5, 5.41) is 28.1. The maximum atomic E-state index is 10.4. The van der Waals surface area contributed by atoms with Gasteiger partial charge in [-0.3, -0.25) is 4.68 Å². The number of pyridine rings is 2. The molecule has 3 atom stereocenters. The van der Waals surface area contributed by atoms with Gasteiger partial charge in [-0.2, -0.15) is 10.4 Å². The molecule has 1 saturated carbocycles. The van der Waals surface area contributed by atoms with E-state index in [0.29, 0.717) is 29.4 Å². The van der Waals surface area contributed by atoms with E-state index >= 15 is 0 Å². The molecule has 4 rings (SSSR count). The lowest BCUT2D eigenvalue weighted by Crippen LogP contribution is -2.28. The van der Waals surface area contributed by atoms with Crippen molar-refractivity contribution in [2.24, 2.45) is 5.92 Å². The van der Waals surface area contributed by atoms with Gasteiger partial charge >= 0.3 is 0 Å². The van der Waals surface area contributed by atoms with Gasteiger partial charge in [-0.05, 0) is 43.0 Å². The molecule has 3 aromatic rings. The van der Waals surface area contributed by atoms with Crippen LogP contribution in [-0.4, -0.2) is 37.0 Å². The monoisotopic (exact) mass is 334 g/mol. The highest BCUT2D eigenvalue weighted by Gasteiger charge is 2.33. The first-order valence-electron chi connectivity index (χ1n) is 8.31. The number of fused-ring (bicyclic) bond motifs is 1. The molecule has 0 radical (unpaired) electrons. The highest BCUT2D eigenvalue weighted by molar-refractivity contribution is 5.79. The van der Waals surface area contributed by atoms with E-state index in [0.717, 1.165) is 18.4 Å². The van der Waals surface area contributed by atoms with E-state index in [4.69, 9.17) is 0 Å². The average Bonchev–Trinajstić information content (AvgIpc) is 3.24. The summed E-state index contributed by atoms with van der Waals surface area (Å²) in [5.74, 6) is 0.814. The van der Waals surface area contributed by atoms with Gasteiger partial charge in [0, 0.05) is 30.5 Å². The maximum absolute atomic E-state index is 10.4. The Bertz CT molecular complexity index is 917. The Morgan fingerprint density at radius 1 is 1.32 bits per heavy atom. The maximum Gasteiger partial charge on any atom is 0.161 e. The lowest BCUT2D eigenvalue weighted by Gasteiger charge is -2.18. The quantitative estimate of drug-likeness (QED) is 0.756. The Kier molecular flexibility index (Phi) is 4.04. The van der Waals surface area contributed by atoms with Gasteiger partial charge in [-0.1, -0.05) is 0 Å². The molecular weight excluding hydrogens is 316 g/mol.